The molecule has 2 aliphatic heterocycles. The molecule has 3 aromatic rings. The monoisotopic (exact) mass is 642 g/mol. The Morgan fingerprint density at radius 2 is 1.43 bits per heavy atom. The van der Waals surface area contributed by atoms with E-state index in [9.17, 15) is 19.2 Å². The SMILES string of the molecule is CN[C@H](CC(C)C)C(=O)N1CCC[C@H]1C(=O)Nc1ccc2[nH]c(-c3ccc(NC(=O)[C@@H]4CCCN4C(=O)CCC(C)C)cc3)cc2c1. The molecule has 2 fully saturated rings. The summed E-state index contributed by atoms with van der Waals surface area (Å²) in [6, 6.07) is 14.2. The average Bonchev–Trinajstić information content (AvgIpc) is 3.82. The van der Waals surface area contributed by atoms with E-state index >= 15 is 0 Å². The Hall–Kier alpha value is -4.18. The van der Waals surface area contributed by atoms with Crippen molar-refractivity contribution < 1.29 is 19.2 Å². The summed E-state index contributed by atoms with van der Waals surface area (Å²) >= 11 is 0. The van der Waals surface area contributed by atoms with Crippen LogP contribution in [0, 0.1) is 11.8 Å². The first-order valence-corrected chi connectivity index (χ1v) is 17.2. The lowest BCUT2D eigenvalue weighted by Gasteiger charge is -2.28. The maximum Gasteiger partial charge on any atom is 0.247 e. The van der Waals surface area contributed by atoms with E-state index in [2.05, 4.69) is 48.6 Å². The second-order valence-electron chi connectivity index (χ2n) is 13.9. The summed E-state index contributed by atoms with van der Waals surface area (Å²) in [6.07, 6.45) is 5.01. The van der Waals surface area contributed by atoms with Gasteiger partial charge in [-0.05, 0) is 99.4 Å². The van der Waals surface area contributed by atoms with Gasteiger partial charge < -0.3 is 30.7 Å². The smallest absolute Gasteiger partial charge is 0.247 e. The number of nitrogens with zero attached hydrogens (tertiary/aromatic N) is 2. The number of carbonyl (C=O) groups is 4. The molecule has 2 aromatic carbocycles. The maximum atomic E-state index is 13.3. The van der Waals surface area contributed by atoms with Crippen LogP contribution in [0.5, 0.6) is 0 Å². The molecule has 252 valence electrons. The lowest BCUT2D eigenvalue weighted by Crippen LogP contribution is -2.51. The Bertz CT molecular complexity index is 1580. The minimum Gasteiger partial charge on any atom is -0.355 e. The Morgan fingerprint density at radius 1 is 0.809 bits per heavy atom. The molecule has 10 nitrogen and oxygen atoms in total. The van der Waals surface area contributed by atoms with Gasteiger partial charge in [0, 0.05) is 47.5 Å². The third-order valence-electron chi connectivity index (χ3n) is 9.36. The minimum absolute atomic E-state index is 0.0112. The lowest BCUT2D eigenvalue weighted by atomic mass is 10.0. The van der Waals surface area contributed by atoms with Crippen molar-refractivity contribution in [3.63, 3.8) is 0 Å². The van der Waals surface area contributed by atoms with E-state index in [1.54, 1.807) is 16.8 Å². The van der Waals surface area contributed by atoms with Crippen LogP contribution < -0.4 is 16.0 Å². The number of anilines is 2. The second-order valence-corrected chi connectivity index (χ2v) is 13.9. The van der Waals surface area contributed by atoms with Crippen LogP contribution in [0.3, 0.4) is 0 Å². The summed E-state index contributed by atoms with van der Waals surface area (Å²) in [6.45, 7) is 9.61. The van der Waals surface area contributed by atoms with E-state index in [0.29, 0.717) is 55.6 Å². The van der Waals surface area contributed by atoms with Crippen molar-refractivity contribution >= 4 is 45.9 Å². The molecular formula is C37H50N6O4. The van der Waals surface area contributed by atoms with E-state index in [1.807, 2.05) is 48.5 Å². The summed E-state index contributed by atoms with van der Waals surface area (Å²) in [7, 11) is 1.80. The maximum absolute atomic E-state index is 13.3. The van der Waals surface area contributed by atoms with E-state index in [0.717, 1.165) is 47.8 Å². The molecule has 0 saturated carbocycles. The van der Waals surface area contributed by atoms with E-state index in [4.69, 9.17) is 0 Å². The fraction of sp³-hybridized carbons (Fsp3) is 0.514. The molecule has 0 radical (unpaired) electrons. The number of carbonyl (C=O) groups excluding carboxylic acids is 4. The molecule has 4 N–H and O–H groups in total. The Kier molecular flexibility index (Phi) is 11.0. The van der Waals surface area contributed by atoms with Gasteiger partial charge in [-0.15, -0.1) is 0 Å². The van der Waals surface area contributed by atoms with Crippen LogP contribution in [0.4, 0.5) is 11.4 Å². The lowest BCUT2D eigenvalue weighted by molar-refractivity contribution is -0.138. The van der Waals surface area contributed by atoms with Gasteiger partial charge in [0.25, 0.3) is 0 Å². The first-order chi connectivity index (χ1) is 22.5. The van der Waals surface area contributed by atoms with Crippen LogP contribution in [0.2, 0.25) is 0 Å². The highest BCUT2D eigenvalue weighted by atomic mass is 16.2. The van der Waals surface area contributed by atoms with Gasteiger partial charge in [-0.3, -0.25) is 19.2 Å². The van der Waals surface area contributed by atoms with E-state index in [-0.39, 0.29) is 29.7 Å². The summed E-state index contributed by atoms with van der Waals surface area (Å²) in [4.78, 5) is 59.3. The van der Waals surface area contributed by atoms with Gasteiger partial charge in [0.05, 0.1) is 6.04 Å². The third kappa shape index (κ3) is 8.22. The second kappa shape index (κ2) is 15.2. The Morgan fingerprint density at radius 3 is 2.06 bits per heavy atom. The number of aromatic nitrogens is 1. The van der Waals surface area contributed by atoms with Gasteiger partial charge >= 0.3 is 0 Å². The number of H-pyrrole nitrogens is 1. The number of benzene rings is 2. The molecule has 5 rings (SSSR count). The van der Waals surface area contributed by atoms with Gasteiger partial charge in [-0.25, -0.2) is 0 Å². The molecule has 3 heterocycles. The molecule has 0 unspecified atom stereocenters. The largest absolute Gasteiger partial charge is 0.355 e. The number of nitrogens with one attached hydrogen (secondary N) is 4. The topological polar surface area (TPSA) is 127 Å². The predicted molar refractivity (Wildman–Crippen MR) is 187 cm³/mol. The fourth-order valence-corrected chi connectivity index (χ4v) is 6.76. The molecule has 1 aromatic heterocycles. The molecule has 2 aliphatic rings. The van der Waals surface area contributed by atoms with Crippen molar-refractivity contribution in [3.05, 3.63) is 48.5 Å². The number of likely N-dealkylation sites (N-methyl/N-ethyl adjacent to an activating group) is 1. The van der Waals surface area contributed by atoms with Crippen molar-refractivity contribution in [1.82, 2.24) is 20.1 Å². The van der Waals surface area contributed by atoms with E-state index in [1.165, 1.54) is 0 Å². The van der Waals surface area contributed by atoms with Crippen LogP contribution in [0.15, 0.2) is 48.5 Å². The van der Waals surface area contributed by atoms with Crippen LogP contribution in [-0.2, 0) is 19.2 Å². The first-order valence-electron chi connectivity index (χ1n) is 17.2. The molecule has 0 bridgehead atoms. The Labute approximate surface area is 278 Å². The normalized spacial score (nSPS) is 18.7. The van der Waals surface area contributed by atoms with Gasteiger partial charge in [0.1, 0.15) is 12.1 Å². The summed E-state index contributed by atoms with van der Waals surface area (Å²) in [5, 5.41) is 10.1. The zero-order valence-corrected chi connectivity index (χ0v) is 28.4. The highest BCUT2D eigenvalue weighted by Gasteiger charge is 2.37. The number of amides is 4. The molecular weight excluding hydrogens is 592 g/mol. The van der Waals surface area contributed by atoms with Crippen molar-refractivity contribution in [1.29, 1.82) is 0 Å². The van der Waals surface area contributed by atoms with Crippen molar-refractivity contribution in [3.8, 4) is 11.3 Å². The molecule has 3 atom stereocenters. The van der Waals surface area contributed by atoms with Crippen molar-refractivity contribution in [2.24, 2.45) is 11.8 Å². The molecule has 47 heavy (non-hydrogen) atoms. The quantitative estimate of drug-likeness (QED) is 0.200. The summed E-state index contributed by atoms with van der Waals surface area (Å²) in [5.41, 5.74) is 4.17. The zero-order chi connectivity index (χ0) is 33.7. The number of likely N-dealkylation sites (tertiary alicyclic amines) is 2. The number of rotatable bonds is 12. The van der Waals surface area contributed by atoms with Gasteiger partial charge in [0.15, 0.2) is 0 Å². The van der Waals surface area contributed by atoms with Crippen molar-refractivity contribution in [2.45, 2.75) is 90.8 Å². The molecule has 10 heteroatoms. The van der Waals surface area contributed by atoms with Crippen molar-refractivity contribution in [2.75, 3.05) is 30.8 Å². The number of hydrogen-bond acceptors (Lipinski definition) is 5. The third-order valence-corrected chi connectivity index (χ3v) is 9.36. The first kappa shape index (κ1) is 34.2. The number of aromatic amines is 1. The summed E-state index contributed by atoms with van der Waals surface area (Å²) in [5.74, 6) is 0.559. The predicted octanol–water partition coefficient (Wildman–Crippen LogP) is 5.76. The van der Waals surface area contributed by atoms with Gasteiger partial charge in [0.2, 0.25) is 23.6 Å². The fourth-order valence-electron chi connectivity index (χ4n) is 6.76. The molecule has 4 amide bonds. The highest BCUT2D eigenvalue weighted by Crippen LogP contribution is 2.29. The van der Waals surface area contributed by atoms with Gasteiger partial charge in [-0.1, -0.05) is 39.8 Å². The standard InChI is InChI=1S/C37H50N6O4/c1-23(2)10-17-34(44)42-18-6-8-32(42)35(45)39-27-13-11-25(12-14-27)30-22-26-21-28(15-16-29(26)41-30)40-36(46)33-9-7-19-43(33)37(47)31(38-5)20-24(3)4/h11-16,21-24,31-33,38,41H,6-10,17-20H2,1-5H3,(H,39,45)(H,40,46)/t31-,32+,33+/m1/s1. The minimum atomic E-state index is -0.482. The van der Waals surface area contributed by atoms with Crippen LogP contribution in [-0.4, -0.2) is 76.7 Å². The molecule has 2 saturated heterocycles. The molecule has 0 aliphatic carbocycles. The number of fused-ring (bicyclic) bond motifs is 1. The summed E-state index contributed by atoms with van der Waals surface area (Å²) < 4.78 is 0. The highest BCUT2D eigenvalue weighted by molar-refractivity contribution is 6.00. The van der Waals surface area contributed by atoms with Gasteiger partial charge in [-0.2, -0.15) is 0 Å². The van der Waals surface area contributed by atoms with E-state index < -0.39 is 12.1 Å². The average molecular weight is 643 g/mol. The zero-order valence-electron chi connectivity index (χ0n) is 28.4. The van der Waals surface area contributed by atoms with Crippen LogP contribution in [0.1, 0.15) is 72.6 Å². The van der Waals surface area contributed by atoms with Crippen LogP contribution in [0.25, 0.3) is 22.2 Å². The number of hydrogen-bond donors (Lipinski definition) is 4. The molecule has 0 spiro atoms. The van der Waals surface area contributed by atoms with Crippen LogP contribution >= 0.6 is 0 Å². The Balaban J connectivity index is 1.21.